The molecule has 2 fully saturated rings. The van der Waals surface area contributed by atoms with Crippen LogP contribution in [0.3, 0.4) is 0 Å². The van der Waals surface area contributed by atoms with E-state index in [2.05, 4.69) is 15.9 Å². The Morgan fingerprint density at radius 3 is 2.26 bits per heavy atom. The number of hydrogen-bond donors (Lipinski definition) is 0. The molecule has 4 aromatic rings. The van der Waals surface area contributed by atoms with Crippen LogP contribution in [0.25, 0.3) is 22.2 Å². The number of nitrogens with zero attached hydrogens (tertiary/aromatic N) is 2. The lowest BCUT2D eigenvalue weighted by atomic mass is 9.81. The van der Waals surface area contributed by atoms with Gasteiger partial charge in [-0.2, -0.15) is 0 Å². The fraction of sp³-hybridized carbons (Fsp3) is 0.286. The smallest absolute Gasteiger partial charge is 0.339 e. The molecule has 3 aromatic carbocycles. The molecule has 0 N–H and O–H groups in total. The van der Waals surface area contributed by atoms with Crippen molar-refractivity contribution in [3.63, 3.8) is 0 Å². The van der Waals surface area contributed by atoms with E-state index in [1.54, 1.807) is 54.6 Å². The van der Waals surface area contributed by atoms with Crippen LogP contribution in [0.1, 0.15) is 66.2 Å². The van der Waals surface area contributed by atoms with Gasteiger partial charge < -0.3 is 4.74 Å². The van der Waals surface area contributed by atoms with Gasteiger partial charge in [-0.1, -0.05) is 84.6 Å². The van der Waals surface area contributed by atoms with Gasteiger partial charge in [-0.05, 0) is 55.7 Å². The molecule has 3 unspecified atom stereocenters. The Hall–Kier alpha value is -4.17. The number of aromatic nitrogens is 1. The standard InChI is InChI=1S/C35H31BrN2O5/c1-2-8-31(32(39)22-9-4-3-5-10-22)43-35(42)28-20-30(37-29-18-15-23(36)19-27(28)29)21-13-16-24(17-14-21)38-33(40)25-11-6-7-12-26(25)34(38)41/h3-5,9-10,13-20,25-26,31H,2,6-8,11-12H2,1H3. The zero-order valence-electron chi connectivity index (χ0n) is 23.8. The lowest BCUT2D eigenvalue weighted by Gasteiger charge is -2.19. The Labute approximate surface area is 258 Å². The minimum Gasteiger partial charge on any atom is -0.450 e. The van der Waals surface area contributed by atoms with Crippen LogP contribution in [-0.2, 0) is 14.3 Å². The highest BCUT2D eigenvalue weighted by atomic mass is 79.9. The molecule has 218 valence electrons. The predicted octanol–water partition coefficient (Wildman–Crippen LogP) is 7.55. The normalized spacial score (nSPS) is 18.9. The van der Waals surface area contributed by atoms with E-state index in [1.807, 2.05) is 31.2 Å². The lowest BCUT2D eigenvalue weighted by Crippen LogP contribution is -2.30. The average Bonchev–Trinajstić information content (AvgIpc) is 3.29. The number of imide groups is 1. The first-order valence-corrected chi connectivity index (χ1v) is 15.5. The van der Waals surface area contributed by atoms with Crippen molar-refractivity contribution in [1.29, 1.82) is 0 Å². The Morgan fingerprint density at radius 2 is 1.60 bits per heavy atom. The minimum atomic E-state index is -0.919. The molecule has 3 atom stereocenters. The number of ketones is 1. The van der Waals surface area contributed by atoms with Gasteiger partial charge in [-0.15, -0.1) is 0 Å². The van der Waals surface area contributed by atoms with Crippen molar-refractivity contribution in [2.24, 2.45) is 11.8 Å². The zero-order chi connectivity index (χ0) is 30.1. The van der Waals surface area contributed by atoms with Crippen LogP contribution in [0.4, 0.5) is 5.69 Å². The summed E-state index contributed by atoms with van der Waals surface area (Å²) < 4.78 is 6.65. The first kappa shape index (κ1) is 28.9. The monoisotopic (exact) mass is 638 g/mol. The third-order valence-corrected chi connectivity index (χ3v) is 8.90. The van der Waals surface area contributed by atoms with Crippen molar-refractivity contribution in [1.82, 2.24) is 4.98 Å². The number of Topliss-reactive ketones (excluding diaryl/α,β-unsaturated/α-hetero) is 1. The van der Waals surface area contributed by atoms with E-state index in [9.17, 15) is 19.2 Å². The molecular formula is C35H31BrN2O5. The Morgan fingerprint density at radius 1 is 0.930 bits per heavy atom. The summed E-state index contributed by atoms with van der Waals surface area (Å²) in [5.74, 6) is -1.52. The van der Waals surface area contributed by atoms with E-state index in [0.29, 0.717) is 51.8 Å². The van der Waals surface area contributed by atoms with Crippen LogP contribution < -0.4 is 4.90 Å². The van der Waals surface area contributed by atoms with Crippen molar-refractivity contribution in [3.8, 4) is 11.3 Å². The molecule has 7 nitrogen and oxygen atoms in total. The third kappa shape index (κ3) is 5.64. The van der Waals surface area contributed by atoms with E-state index in [4.69, 9.17) is 9.72 Å². The number of benzene rings is 3. The van der Waals surface area contributed by atoms with Gasteiger partial charge >= 0.3 is 5.97 Å². The van der Waals surface area contributed by atoms with Crippen LogP contribution in [0.15, 0.2) is 83.3 Å². The van der Waals surface area contributed by atoms with E-state index in [1.165, 1.54) is 4.90 Å². The summed E-state index contributed by atoms with van der Waals surface area (Å²) in [7, 11) is 0. The van der Waals surface area contributed by atoms with E-state index in [-0.39, 0.29) is 29.4 Å². The predicted molar refractivity (Wildman–Crippen MR) is 168 cm³/mol. The van der Waals surface area contributed by atoms with Gasteiger partial charge in [0.1, 0.15) is 0 Å². The fourth-order valence-corrected chi connectivity index (χ4v) is 6.56. The molecule has 0 spiro atoms. The Kier molecular flexibility index (Phi) is 8.21. The first-order valence-electron chi connectivity index (χ1n) is 14.7. The van der Waals surface area contributed by atoms with Crippen LogP contribution in [-0.4, -0.2) is 34.7 Å². The topological polar surface area (TPSA) is 93.6 Å². The second-order valence-electron chi connectivity index (χ2n) is 11.2. The molecule has 0 bridgehead atoms. The summed E-state index contributed by atoms with van der Waals surface area (Å²) in [4.78, 5) is 59.2. The van der Waals surface area contributed by atoms with Crippen LogP contribution >= 0.6 is 15.9 Å². The third-order valence-electron chi connectivity index (χ3n) is 8.40. The van der Waals surface area contributed by atoms with Crippen molar-refractivity contribution in [3.05, 3.63) is 94.5 Å². The number of ether oxygens (including phenoxy) is 1. The number of esters is 1. The number of hydrogen-bond acceptors (Lipinski definition) is 6. The van der Waals surface area contributed by atoms with Gasteiger partial charge in [0.15, 0.2) is 6.10 Å². The number of amides is 2. The molecule has 6 rings (SSSR count). The van der Waals surface area contributed by atoms with Gasteiger partial charge in [0.05, 0.1) is 34.3 Å². The summed E-state index contributed by atoms with van der Waals surface area (Å²) in [6.45, 7) is 1.94. The molecule has 2 heterocycles. The maximum Gasteiger partial charge on any atom is 0.339 e. The first-order chi connectivity index (χ1) is 20.9. The summed E-state index contributed by atoms with van der Waals surface area (Å²) in [5.41, 5.74) is 3.16. The SMILES string of the molecule is CCCC(OC(=O)c1cc(-c2ccc(N3C(=O)C4CCCCC4C3=O)cc2)nc2ccc(Br)cc12)C(=O)c1ccccc1. The van der Waals surface area contributed by atoms with Gasteiger partial charge in [-0.25, -0.2) is 9.78 Å². The van der Waals surface area contributed by atoms with Crippen LogP contribution in [0.5, 0.6) is 0 Å². The van der Waals surface area contributed by atoms with Gasteiger partial charge in [0.25, 0.3) is 0 Å². The highest BCUT2D eigenvalue weighted by Crippen LogP contribution is 2.40. The molecule has 1 aromatic heterocycles. The minimum absolute atomic E-state index is 0.117. The number of rotatable bonds is 8. The molecule has 2 aliphatic rings. The fourth-order valence-electron chi connectivity index (χ4n) is 6.20. The van der Waals surface area contributed by atoms with E-state index < -0.39 is 12.1 Å². The average molecular weight is 640 g/mol. The molecule has 0 radical (unpaired) electrons. The van der Waals surface area contributed by atoms with E-state index in [0.717, 1.165) is 30.2 Å². The van der Waals surface area contributed by atoms with Crippen molar-refractivity contribution >= 4 is 56.1 Å². The van der Waals surface area contributed by atoms with Crippen molar-refractivity contribution < 1.29 is 23.9 Å². The summed E-state index contributed by atoms with van der Waals surface area (Å²) in [5, 5.41) is 0.595. The Balaban J connectivity index is 1.32. The molecule has 2 amide bonds. The summed E-state index contributed by atoms with van der Waals surface area (Å²) in [6.07, 6.45) is 3.61. The molecule has 1 aliphatic heterocycles. The van der Waals surface area contributed by atoms with Gasteiger partial charge in [0, 0.05) is 21.0 Å². The number of carbonyl (C=O) groups is 4. The second kappa shape index (κ2) is 12.2. The molecule has 1 saturated carbocycles. The quantitative estimate of drug-likeness (QED) is 0.112. The highest BCUT2D eigenvalue weighted by Gasteiger charge is 2.48. The van der Waals surface area contributed by atoms with Gasteiger partial charge in [0.2, 0.25) is 17.6 Å². The van der Waals surface area contributed by atoms with Crippen LogP contribution in [0.2, 0.25) is 0 Å². The number of pyridine rings is 1. The largest absolute Gasteiger partial charge is 0.450 e. The second-order valence-corrected chi connectivity index (χ2v) is 12.1. The molecule has 43 heavy (non-hydrogen) atoms. The number of anilines is 1. The number of carbonyl (C=O) groups excluding carboxylic acids is 4. The van der Waals surface area contributed by atoms with E-state index >= 15 is 0 Å². The maximum absolute atomic E-state index is 13.7. The molecular weight excluding hydrogens is 608 g/mol. The Bertz CT molecular complexity index is 1700. The van der Waals surface area contributed by atoms with Crippen LogP contribution in [0, 0.1) is 11.8 Å². The summed E-state index contributed by atoms with van der Waals surface area (Å²) in [6, 6.07) is 23.1. The number of halogens is 1. The van der Waals surface area contributed by atoms with Gasteiger partial charge in [-0.3, -0.25) is 19.3 Å². The molecule has 8 heteroatoms. The highest BCUT2D eigenvalue weighted by molar-refractivity contribution is 9.10. The lowest BCUT2D eigenvalue weighted by molar-refractivity contribution is -0.122. The number of fused-ring (bicyclic) bond motifs is 2. The molecule has 1 aliphatic carbocycles. The van der Waals surface area contributed by atoms with Crippen molar-refractivity contribution in [2.45, 2.75) is 51.6 Å². The molecule has 1 saturated heterocycles. The maximum atomic E-state index is 13.7. The van der Waals surface area contributed by atoms with Crippen molar-refractivity contribution in [2.75, 3.05) is 4.90 Å². The summed E-state index contributed by atoms with van der Waals surface area (Å²) >= 11 is 3.49. The zero-order valence-corrected chi connectivity index (χ0v) is 25.4.